The molecule has 1 fully saturated rings. The third-order valence-electron chi connectivity index (χ3n) is 1.82. The minimum absolute atomic E-state index is 0.783. The Hall–Kier alpha value is -0.830. The average Bonchev–Trinajstić information content (AvgIpc) is 2.09. The van der Waals surface area contributed by atoms with E-state index in [2.05, 4.69) is 4.90 Å². The fourth-order valence-electron chi connectivity index (χ4n) is 1.18. The normalized spacial score (nSPS) is 20.1. The van der Waals surface area contributed by atoms with Crippen LogP contribution in [0.25, 0.3) is 0 Å². The summed E-state index contributed by atoms with van der Waals surface area (Å²) in [5, 5.41) is 7.12. The van der Waals surface area contributed by atoms with E-state index in [0.29, 0.717) is 0 Å². The minimum atomic E-state index is 0.783. The summed E-state index contributed by atoms with van der Waals surface area (Å²) < 4.78 is 5.19. The van der Waals surface area contributed by atoms with Crippen LogP contribution in [0.5, 0.6) is 0 Å². The molecule has 0 radical (unpaired) electrons. The molecule has 1 aliphatic rings. The molecular weight excluding hydrogens is 140 g/mol. The maximum Gasteiger partial charge on any atom is 0.0642 e. The van der Waals surface area contributed by atoms with E-state index in [-0.39, 0.29) is 0 Å². The van der Waals surface area contributed by atoms with Gasteiger partial charge in [0.1, 0.15) is 0 Å². The molecule has 1 N–H and O–H groups in total. The van der Waals surface area contributed by atoms with E-state index in [4.69, 9.17) is 10.1 Å². The molecule has 11 heavy (non-hydrogen) atoms. The molecule has 62 valence electrons. The largest absolute Gasteiger partial charge is 0.378 e. The molecule has 0 aromatic carbocycles. The van der Waals surface area contributed by atoms with Crippen molar-refractivity contribution >= 4 is 6.21 Å². The van der Waals surface area contributed by atoms with Gasteiger partial charge in [-0.05, 0) is 6.92 Å². The highest BCUT2D eigenvalue weighted by molar-refractivity contribution is 5.74. The molecule has 1 saturated heterocycles. The Morgan fingerprint density at radius 1 is 1.45 bits per heavy atom. The summed E-state index contributed by atoms with van der Waals surface area (Å²) in [6.07, 6.45) is 3.35. The lowest BCUT2D eigenvalue weighted by Gasteiger charge is -2.28. The Labute approximate surface area is 67.2 Å². The first-order chi connectivity index (χ1) is 5.38. The number of hydrogen-bond acceptors (Lipinski definition) is 3. The van der Waals surface area contributed by atoms with Crippen molar-refractivity contribution in [3.8, 4) is 0 Å². The van der Waals surface area contributed by atoms with Gasteiger partial charge in [0.25, 0.3) is 0 Å². The van der Waals surface area contributed by atoms with Crippen LogP contribution in [0.1, 0.15) is 6.92 Å². The van der Waals surface area contributed by atoms with Crippen LogP contribution in [0, 0.1) is 5.41 Å². The van der Waals surface area contributed by atoms with Crippen molar-refractivity contribution in [2.75, 3.05) is 26.3 Å². The van der Waals surface area contributed by atoms with Gasteiger partial charge in [0.15, 0.2) is 0 Å². The van der Waals surface area contributed by atoms with Gasteiger partial charge in [0.05, 0.1) is 18.9 Å². The van der Waals surface area contributed by atoms with E-state index in [1.54, 1.807) is 0 Å². The van der Waals surface area contributed by atoms with E-state index < -0.39 is 0 Å². The van der Waals surface area contributed by atoms with Gasteiger partial charge in [-0.1, -0.05) is 6.08 Å². The van der Waals surface area contributed by atoms with Crippen molar-refractivity contribution in [3.05, 3.63) is 11.8 Å². The third kappa shape index (κ3) is 2.05. The van der Waals surface area contributed by atoms with Crippen LogP contribution in [-0.2, 0) is 4.74 Å². The highest BCUT2D eigenvalue weighted by Crippen LogP contribution is 2.04. The van der Waals surface area contributed by atoms with Crippen molar-refractivity contribution in [3.63, 3.8) is 0 Å². The van der Waals surface area contributed by atoms with E-state index in [9.17, 15) is 0 Å². The highest BCUT2D eigenvalue weighted by Gasteiger charge is 2.10. The van der Waals surface area contributed by atoms with Gasteiger partial charge < -0.3 is 15.0 Å². The SMILES string of the molecule is C/C=C(\C=N)N1CCOCC1. The number of hydrogen-bond donors (Lipinski definition) is 1. The molecule has 0 aromatic heterocycles. The van der Waals surface area contributed by atoms with Gasteiger partial charge in [0, 0.05) is 19.3 Å². The molecule has 1 aliphatic heterocycles. The Morgan fingerprint density at radius 3 is 2.55 bits per heavy atom. The zero-order valence-electron chi connectivity index (χ0n) is 6.84. The molecule has 0 aliphatic carbocycles. The predicted octanol–water partition coefficient (Wildman–Crippen LogP) is 0.872. The highest BCUT2D eigenvalue weighted by atomic mass is 16.5. The van der Waals surface area contributed by atoms with E-state index in [0.717, 1.165) is 32.0 Å². The molecule has 3 nitrogen and oxygen atoms in total. The van der Waals surface area contributed by atoms with Crippen molar-refractivity contribution in [1.82, 2.24) is 4.90 Å². The van der Waals surface area contributed by atoms with Gasteiger partial charge in [-0.2, -0.15) is 0 Å². The maximum atomic E-state index is 7.12. The van der Waals surface area contributed by atoms with Crippen molar-refractivity contribution in [2.24, 2.45) is 0 Å². The predicted molar refractivity (Wildman–Crippen MR) is 44.9 cm³/mol. The number of morpholine rings is 1. The summed E-state index contributed by atoms with van der Waals surface area (Å²) in [5.41, 5.74) is 0.994. The number of rotatable bonds is 2. The Morgan fingerprint density at radius 2 is 2.09 bits per heavy atom. The fraction of sp³-hybridized carbons (Fsp3) is 0.625. The fourth-order valence-corrected chi connectivity index (χ4v) is 1.18. The molecule has 0 atom stereocenters. The lowest BCUT2D eigenvalue weighted by molar-refractivity contribution is 0.0566. The third-order valence-corrected chi connectivity index (χ3v) is 1.82. The molecule has 0 bridgehead atoms. The zero-order chi connectivity index (χ0) is 8.10. The van der Waals surface area contributed by atoms with Crippen LogP contribution in [0.2, 0.25) is 0 Å². The summed E-state index contributed by atoms with van der Waals surface area (Å²) in [5.74, 6) is 0. The lowest BCUT2D eigenvalue weighted by Crippen LogP contribution is -2.35. The van der Waals surface area contributed by atoms with E-state index in [1.165, 1.54) is 6.21 Å². The van der Waals surface area contributed by atoms with Gasteiger partial charge in [-0.3, -0.25) is 0 Å². The average molecular weight is 154 g/mol. The number of allylic oxidation sites excluding steroid dienone is 2. The van der Waals surface area contributed by atoms with Crippen LogP contribution < -0.4 is 0 Å². The van der Waals surface area contributed by atoms with Crippen LogP contribution in [0.4, 0.5) is 0 Å². The second-order valence-corrected chi connectivity index (χ2v) is 2.46. The first-order valence-electron chi connectivity index (χ1n) is 3.88. The summed E-state index contributed by atoms with van der Waals surface area (Å²) in [7, 11) is 0. The first kappa shape index (κ1) is 8.27. The van der Waals surface area contributed by atoms with Crippen LogP contribution in [0.3, 0.4) is 0 Å². The second kappa shape index (κ2) is 4.13. The zero-order valence-corrected chi connectivity index (χ0v) is 6.84. The molecule has 0 saturated carbocycles. The number of ether oxygens (including phenoxy) is 1. The maximum absolute atomic E-state index is 7.12. The van der Waals surface area contributed by atoms with Crippen molar-refractivity contribution in [2.45, 2.75) is 6.92 Å². The Bertz CT molecular complexity index is 159. The Balaban J connectivity index is 2.49. The molecule has 3 heteroatoms. The van der Waals surface area contributed by atoms with Crippen molar-refractivity contribution in [1.29, 1.82) is 5.41 Å². The van der Waals surface area contributed by atoms with E-state index >= 15 is 0 Å². The first-order valence-corrected chi connectivity index (χ1v) is 3.88. The minimum Gasteiger partial charge on any atom is -0.378 e. The molecule has 1 rings (SSSR count). The monoisotopic (exact) mass is 154 g/mol. The number of nitrogens with one attached hydrogen (secondary N) is 1. The Kier molecular flexibility index (Phi) is 3.11. The number of nitrogens with zero attached hydrogens (tertiary/aromatic N) is 1. The summed E-state index contributed by atoms with van der Waals surface area (Å²) in [6.45, 7) is 5.34. The smallest absolute Gasteiger partial charge is 0.0642 e. The van der Waals surface area contributed by atoms with Gasteiger partial charge >= 0.3 is 0 Å². The molecule has 0 unspecified atom stereocenters. The van der Waals surface area contributed by atoms with Crippen LogP contribution in [0.15, 0.2) is 11.8 Å². The molecule has 0 aromatic rings. The van der Waals surface area contributed by atoms with E-state index in [1.807, 2.05) is 13.0 Å². The van der Waals surface area contributed by atoms with Gasteiger partial charge in [-0.25, -0.2) is 0 Å². The van der Waals surface area contributed by atoms with Crippen molar-refractivity contribution < 1.29 is 4.74 Å². The quantitative estimate of drug-likeness (QED) is 0.599. The van der Waals surface area contributed by atoms with Gasteiger partial charge in [-0.15, -0.1) is 0 Å². The van der Waals surface area contributed by atoms with Gasteiger partial charge in [0.2, 0.25) is 0 Å². The standard InChI is InChI=1S/C8H14N2O/c1-2-8(7-9)10-3-5-11-6-4-10/h2,7,9H,3-6H2,1H3/b8-2+,9-7?. The summed E-state index contributed by atoms with van der Waals surface area (Å²) >= 11 is 0. The molecule has 0 spiro atoms. The second-order valence-electron chi connectivity index (χ2n) is 2.46. The van der Waals surface area contributed by atoms with Crippen LogP contribution >= 0.6 is 0 Å². The molecule has 0 amide bonds. The summed E-state index contributed by atoms with van der Waals surface area (Å²) in [6, 6.07) is 0. The summed E-state index contributed by atoms with van der Waals surface area (Å²) in [4.78, 5) is 2.16. The van der Waals surface area contributed by atoms with Crippen LogP contribution in [-0.4, -0.2) is 37.4 Å². The topological polar surface area (TPSA) is 36.3 Å². The molecule has 1 heterocycles. The lowest BCUT2D eigenvalue weighted by atomic mass is 10.3. The molecular formula is C8H14N2O.